The maximum absolute atomic E-state index is 12.6. The molecule has 3 rings (SSSR count). The number of fused-ring (bicyclic) bond motifs is 1. The van der Waals surface area contributed by atoms with Crippen LogP contribution in [0.15, 0.2) is 35.0 Å². The lowest BCUT2D eigenvalue weighted by molar-refractivity contribution is 0.0952. The van der Waals surface area contributed by atoms with Gasteiger partial charge in [0, 0.05) is 11.9 Å². The molecule has 0 radical (unpaired) electrons. The molecule has 0 aliphatic heterocycles. The fraction of sp³-hybridized carbons (Fsp3) is 0.294. The molecule has 6 heteroatoms. The summed E-state index contributed by atoms with van der Waals surface area (Å²) < 4.78 is 5.24. The number of hydrogen-bond donors (Lipinski definition) is 1. The van der Waals surface area contributed by atoms with Crippen molar-refractivity contribution in [2.75, 3.05) is 0 Å². The molecule has 0 unspecified atom stereocenters. The van der Waals surface area contributed by atoms with Crippen LogP contribution < -0.4 is 5.32 Å². The Kier molecular flexibility index (Phi) is 4.06. The number of pyridine rings is 2. The molecule has 0 spiro atoms. The first-order valence-electron chi connectivity index (χ1n) is 7.51. The largest absolute Gasteiger partial charge is 0.346 e. The van der Waals surface area contributed by atoms with E-state index in [2.05, 4.69) is 20.4 Å². The summed E-state index contributed by atoms with van der Waals surface area (Å²) in [5, 5.41) is 7.48. The van der Waals surface area contributed by atoms with E-state index in [1.807, 2.05) is 38.1 Å². The zero-order chi connectivity index (χ0) is 16.4. The van der Waals surface area contributed by atoms with Crippen molar-refractivity contribution in [1.82, 2.24) is 20.4 Å². The SMILES string of the molecule is Cc1noc2nc(C(C)C)cc(C(=O)NCc3ccccn3)c12. The lowest BCUT2D eigenvalue weighted by Gasteiger charge is -2.09. The normalized spacial score (nSPS) is 11.1. The molecule has 0 aliphatic rings. The Morgan fingerprint density at radius 1 is 1.35 bits per heavy atom. The highest BCUT2D eigenvalue weighted by atomic mass is 16.5. The summed E-state index contributed by atoms with van der Waals surface area (Å²) in [4.78, 5) is 21.3. The first-order valence-corrected chi connectivity index (χ1v) is 7.51. The van der Waals surface area contributed by atoms with Crippen molar-refractivity contribution >= 4 is 17.0 Å². The Balaban J connectivity index is 1.94. The average Bonchev–Trinajstić information content (AvgIpc) is 2.94. The van der Waals surface area contributed by atoms with Crippen molar-refractivity contribution < 1.29 is 9.32 Å². The summed E-state index contributed by atoms with van der Waals surface area (Å²) in [5.74, 6) is 0.00315. The topological polar surface area (TPSA) is 80.9 Å². The minimum Gasteiger partial charge on any atom is -0.346 e. The zero-order valence-corrected chi connectivity index (χ0v) is 13.3. The van der Waals surface area contributed by atoms with Crippen LogP contribution in [-0.2, 0) is 6.54 Å². The quantitative estimate of drug-likeness (QED) is 0.801. The van der Waals surface area contributed by atoms with Gasteiger partial charge in [-0.25, -0.2) is 4.98 Å². The van der Waals surface area contributed by atoms with Crippen LogP contribution in [0, 0.1) is 6.92 Å². The van der Waals surface area contributed by atoms with Gasteiger partial charge in [0.2, 0.25) is 0 Å². The van der Waals surface area contributed by atoms with Crippen LogP contribution >= 0.6 is 0 Å². The standard InChI is InChI=1S/C17H18N4O2/c1-10(2)14-8-13(15-11(3)21-23-17(15)20-14)16(22)19-9-12-6-4-5-7-18-12/h4-8,10H,9H2,1-3H3,(H,19,22). The van der Waals surface area contributed by atoms with Gasteiger partial charge in [0.15, 0.2) is 0 Å². The van der Waals surface area contributed by atoms with Crippen LogP contribution in [0.1, 0.15) is 47.2 Å². The van der Waals surface area contributed by atoms with Crippen LogP contribution in [0.4, 0.5) is 0 Å². The number of nitrogens with one attached hydrogen (secondary N) is 1. The molecule has 0 aliphatic carbocycles. The highest BCUT2D eigenvalue weighted by molar-refractivity contribution is 6.06. The molecule has 0 fully saturated rings. The highest BCUT2D eigenvalue weighted by Gasteiger charge is 2.19. The number of aromatic nitrogens is 3. The van der Waals surface area contributed by atoms with Gasteiger partial charge in [-0.15, -0.1) is 0 Å². The van der Waals surface area contributed by atoms with Gasteiger partial charge in [-0.3, -0.25) is 9.78 Å². The van der Waals surface area contributed by atoms with E-state index in [4.69, 9.17) is 4.52 Å². The molecule has 0 saturated heterocycles. The Bertz CT molecular complexity index is 840. The number of carbonyl (C=O) groups is 1. The number of amides is 1. The van der Waals surface area contributed by atoms with E-state index in [-0.39, 0.29) is 11.8 Å². The second kappa shape index (κ2) is 6.16. The highest BCUT2D eigenvalue weighted by Crippen LogP contribution is 2.25. The van der Waals surface area contributed by atoms with E-state index >= 15 is 0 Å². The molecule has 6 nitrogen and oxygen atoms in total. The molecule has 0 atom stereocenters. The van der Waals surface area contributed by atoms with E-state index in [0.29, 0.717) is 28.9 Å². The number of carbonyl (C=O) groups excluding carboxylic acids is 1. The van der Waals surface area contributed by atoms with Crippen LogP contribution in [0.25, 0.3) is 11.1 Å². The second-order valence-electron chi connectivity index (χ2n) is 5.70. The third-order valence-electron chi connectivity index (χ3n) is 3.63. The summed E-state index contributed by atoms with van der Waals surface area (Å²) in [7, 11) is 0. The Morgan fingerprint density at radius 2 is 2.17 bits per heavy atom. The van der Waals surface area contributed by atoms with Crippen molar-refractivity contribution in [2.24, 2.45) is 0 Å². The van der Waals surface area contributed by atoms with E-state index < -0.39 is 0 Å². The fourth-order valence-electron chi connectivity index (χ4n) is 2.36. The molecule has 3 heterocycles. The molecule has 0 bridgehead atoms. The predicted molar refractivity (Wildman–Crippen MR) is 86.0 cm³/mol. The lowest BCUT2D eigenvalue weighted by atomic mass is 10.0. The minimum absolute atomic E-state index is 0.184. The van der Waals surface area contributed by atoms with Crippen LogP contribution in [-0.4, -0.2) is 21.0 Å². The van der Waals surface area contributed by atoms with Crippen LogP contribution in [0.3, 0.4) is 0 Å². The monoisotopic (exact) mass is 310 g/mol. The first kappa shape index (κ1) is 15.1. The third-order valence-corrected chi connectivity index (χ3v) is 3.63. The van der Waals surface area contributed by atoms with Gasteiger partial charge in [-0.2, -0.15) is 0 Å². The van der Waals surface area contributed by atoms with E-state index in [0.717, 1.165) is 11.4 Å². The zero-order valence-electron chi connectivity index (χ0n) is 13.3. The van der Waals surface area contributed by atoms with E-state index in [1.54, 1.807) is 13.1 Å². The summed E-state index contributed by atoms with van der Waals surface area (Å²) in [6, 6.07) is 7.41. The molecule has 1 amide bonds. The number of rotatable bonds is 4. The third kappa shape index (κ3) is 3.06. The molecule has 3 aromatic heterocycles. The maximum atomic E-state index is 12.6. The molecule has 118 valence electrons. The molecule has 0 aromatic carbocycles. The molecule has 1 N–H and O–H groups in total. The predicted octanol–water partition coefficient (Wildman–Crippen LogP) is 2.98. The maximum Gasteiger partial charge on any atom is 0.259 e. The van der Waals surface area contributed by atoms with Crippen LogP contribution in [0.5, 0.6) is 0 Å². The van der Waals surface area contributed by atoms with E-state index in [1.165, 1.54) is 0 Å². The van der Waals surface area contributed by atoms with Crippen molar-refractivity contribution in [1.29, 1.82) is 0 Å². The summed E-state index contributed by atoms with van der Waals surface area (Å²) in [5.41, 5.74) is 3.20. The van der Waals surface area contributed by atoms with Gasteiger partial charge in [0.1, 0.15) is 0 Å². The summed E-state index contributed by atoms with van der Waals surface area (Å²) >= 11 is 0. The van der Waals surface area contributed by atoms with Gasteiger partial charge in [0.05, 0.1) is 28.9 Å². The van der Waals surface area contributed by atoms with Crippen molar-refractivity contribution in [3.63, 3.8) is 0 Å². The van der Waals surface area contributed by atoms with Gasteiger partial charge in [0.25, 0.3) is 11.6 Å². The summed E-state index contributed by atoms with van der Waals surface area (Å²) in [6.45, 7) is 6.21. The second-order valence-corrected chi connectivity index (χ2v) is 5.70. The van der Waals surface area contributed by atoms with Gasteiger partial charge in [-0.1, -0.05) is 25.1 Å². The van der Waals surface area contributed by atoms with Crippen molar-refractivity contribution in [3.05, 3.63) is 53.1 Å². The Labute approximate surface area is 133 Å². The van der Waals surface area contributed by atoms with Crippen molar-refractivity contribution in [2.45, 2.75) is 33.2 Å². The summed E-state index contributed by atoms with van der Waals surface area (Å²) in [6.07, 6.45) is 1.70. The van der Waals surface area contributed by atoms with Crippen molar-refractivity contribution in [3.8, 4) is 0 Å². The average molecular weight is 310 g/mol. The molecular formula is C17H18N4O2. The van der Waals surface area contributed by atoms with Gasteiger partial charge >= 0.3 is 0 Å². The van der Waals surface area contributed by atoms with Gasteiger partial charge < -0.3 is 9.84 Å². The van der Waals surface area contributed by atoms with Gasteiger partial charge in [-0.05, 0) is 31.0 Å². The minimum atomic E-state index is -0.184. The number of hydrogen-bond acceptors (Lipinski definition) is 5. The molecular weight excluding hydrogens is 292 g/mol. The smallest absolute Gasteiger partial charge is 0.259 e. The van der Waals surface area contributed by atoms with Crippen LogP contribution in [0.2, 0.25) is 0 Å². The first-order chi connectivity index (χ1) is 11.1. The Hall–Kier alpha value is -2.76. The molecule has 3 aromatic rings. The number of nitrogens with zero attached hydrogens (tertiary/aromatic N) is 3. The Morgan fingerprint density at radius 3 is 2.87 bits per heavy atom. The number of aryl methyl sites for hydroxylation is 1. The molecule has 23 heavy (non-hydrogen) atoms. The molecule has 0 saturated carbocycles. The fourth-order valence-corrected chi connectivity index (χ4v) is 2.36. The lowest BCUT2D eigenvalue weighted by Crippen LogP contribution is -2.24. The van der Waals surface area contributed by atoms with E-state index in [9.17, 15) is 4.79 Å².